The zero-order valence-corrected chi connectivity index (χ0v) is 12.0. The molecule has 1 unspecified atom stereocenters. The van der Waals surface area contributed by atoms with Crippen LogP contribution in [0.4, 0.5) is 0 Å². The van der Waals surface area contributed by atoms with Crippen LogP contribution in [0.15, 0.2) is 18.2 Å². The lowest BCUT2D eigenvalue weighted by Crippen LogP contribution is -2.42. The molecule has 1 aliphatic rings. The maximum atomic E-state index is 6.19. The van der Waals surface area contributed by atoms with E-state index in [2.05, 4.69) is 11.9 Å². The number of nitrogens with zero attached hydrogens (tertiary/aromatic N) is 1. The molecule has 1 saturated heterocycles. The Kier molecular flexibility index (Phi) is 5.45. The molecule has 0 bridgehead atoms. The molecule has 0 aliphatic carbocycles. The average Bonchev–Trinajstić information content (AvgIpc) is 2.38. The molecule has 5 heteroatoms. The number of para-hydroxylation sites is 1. The van der Waals surface area contributed by atoms with Crippen LogP contribution in [0.2, 0.25) is 5.02 Å². The molecule has 4 nitrogen and oxygen atoms in total. The van der Waals surface area contributed by atoms with Gasteiger partial charge in [-0.15, -0.1) is 0 Å². The van der Waals surface area contributed by atoms with Gasteiger partial charge in [0.05, 0.1) is 11.6 Å². The van der Waals surface area contributed by atoms with E-state index < -0.39 is 0 Å². The highest BCUT2D eigenvalue weighted by molar-refractivity contribution is 6.32. The van der Waals surface area contributed by atoms with Gasteiger partial charge in [0.25, 0.3) is 0 Å². The number of hydrogen-bond donors (Lipinski definition) is 1. The third-order valence-corrected chi connectivity index (χ3v) is 3.52. The monoisotopic (exact) mass is 284 g/mol. The van der Waals surface area contributed by atoms with Crippen LogP contribution < -0.4 is 10.5 Å². The predicted octanol–water partition coefficient (Wildman–Crippen LogP) is 1.55. The summed E-state index contributed by atoms with van der Waals surface area (Å²) in [6, 6.07) is 5.76. The summed E-state index contributed by atoms with van der Waals surface area (Å²) in [5.41, 5.74) is 6.66. The zero-order chi connectivity index (χ0) is 13.7. The second kappa shape index (κ2) is 7.10. The van der Waals surface area contributed by atoms with Gasteiger partial charge < -0.3 is 20.1 Å². The van der Waals surface area contributed by atoms with Gasteiger partial charge in [-0.3, -0.25) is 0 Å². The molecule has 0 saturated carbocycles. The van der Waals surface area contributed by atoms with E-state index in [4.69, 9.17) is 26.8 Å². The van der Waals surface area contributed by atoms with Crippen LogP contribution in [0.1, 0.15) is 5.56 Å². The molecule has 1 aromatic carbocycles. The Morgan fingerprint density at radius 2 is 2.37 bits per heavy atom. The molecule has 19 heavy (non-hydrogen) atoms. The van der Waals surface area contributed by atoms with Crippen molar-refractivity contribution in [1.29, 1.82) is 0 Å². The summed E-state index contributed by atoms with van der Waals surface area (Å²) in [6.07, 6.45) is 0.863. The highest BCUT2D eigenvalue weighted by atomic mass is 35.5. The molecular formula is C14H21ClN2O2. The molecule has 0 spiro atoms. The first-order chi connectivity index (χ1) is 9.20. The molecule has 1 aromatic rings. The second-order valence-corrected chi connectivity index (χ2v) is 5.24. The molecule has 1 atom stereocenters. The predicted molar refractivity (Wildman–Crippen MR) is 76.9 cm³/mol. The molecule has 0 radical (unpaired) electrons. The van der Waals surface area contributed by atoms with Gasteiger partial charge >= 0.3 is 0 Å². The van der Waals surface area contributed by atoms with Crippen molar-refractivity contribution in [2.75, 3.05) is 39.9 Å². The fourth-order valence-electron chi connectivity index (χ4n) is 2.21. The van der Waals surface area contributed by atoms with Crippen molar-refractivity contribution < 1.29 is 9.47 Å². The van der Waals surface area contributed by atoms with Gasteiger partial charge in [-0.1, -0.05) is 23.7 Å². The van der Waals surface area contributed by atoms with Crippen LogP contribution in [-0.4, -0.2) is 50.9 Å². The van der Waals surface area contributed by atoms with Crippen molar-refractivity contribution in [2.24, 2.45) is 5.73 Å². The Hall–Kier alpha value is -0.810. The molecule has 1 heterocycles. The van der Waals surface area contributed by atoms with Crippen LogP contribution in [0.25, 0.3) is 0 Å². The van der Waals surface area contributed by atoms with Crippen LogP contribution in [0, 0.1) is 0 Å². The van der Waals surface area contributed by atoms with Crippen LogP contribution in [0.3, 0.4) is 0 Å². The quantitative estimate of drug-likeness (QED) is 0.891. The van der Waals surface area contributed by atoms with Crippen molar-refractivity contribution in [3.63, 3.8) is 0 Å². The van der Waals surface area contributed by atoms with Gasteiger partial charge in [0.1, 0.15) is 18.5 Å². The number of benzene rings is 1. The third-order valence-electron chi connectivity index (χ3n) is 3.22. The summed E-state index contributed by atoms with van der Waals surface area (Å²) in [7, 11) is 2.09. The Balaban J connectivity index is 1.98. The topological polar surface area (TPSA) is 47.7 Å². The second-order valence-electron chi connectivity index (χ2n) is 4.83. The Morgan fingerprint density at radius 1 is 1.53 bits per heavy atom. The number of hydrogen-bond acceptors (Lipinski definition) is 4. The number of rotatable bonds is 5. The number of halogens is 1. The number of ether oxygens (including phenoxy) is 2. The molecule has 0 amide bonds. The molecule has 2 N–H and O–H groups in total. The van der Waals surface area contributed by atoms with E-state index in [9.17, 15) is 0 Å². The minimum absolute atomic E-state index is 0.0979. The van der Waals surface area contributed by atoms with Gasteiger partial charge in [-0.2, -0.15) is 0 Å². The van der Waals surface area contributed by atoms with Crippen molar-refractivity contribution in [3.05, 3.63) is 28.8 Å². The normalized spacial score (nSPS) is 20.5. The highest BCUT2D eigenvalue weighted by Crippen LogP contribution is 2.29. The van der Waals surface area contributed by atoms with E-state index in [1.807, 2.05) is 18.2 Å². The van der Waals surface area contributed by atoms with E-state index in [-0.39, 0.29) is 6.10 Å². The lowest BCUT2D eigenvalue weighted by atomic mass is 10.1. The van der Waals surface area contributed by atoms with E-state index in [1.165, 1.54) is 0 Å². The van der Waals surface area contributed by atoms with Crippen molar-refractivity contribution in [2.45, 2.75) is 12.5 Å². The molecule has 1 aliphatic heterocycles. The van der Waals surface area contributed by atoms with E-state index >= 15 is 0 Å². The fraction of sp³-hybridized carbons (Fsp3) is 0.571. The maximum absolute atomic E-state index is 6.19. The van der Waals surface area contributed by atoms with Crippen molar-refractivity contribution in [3.8, 4) is 5.75 Å². The fourth-order valence-corrected chi connectivity index (χ4v) is 2.46. The third kappa shape index (κ3) is 4.08. The number of likely N-dealkylation sites (N-methyl/N-ethyl adjacent to an activating group) is 1. The van der Waals surface area contributed by atoms with E-state index in [0.29, 0.717) is 18.2 Å². The Bertz CT molecular complexity index is 414. The van der Waals surface area contributed by atoms with Crippen molar-refractivity contribution in [1.82, 2.24) is 4.90 Å². The lowest BCUT2D eigenvalue weighted by molar-refractivity contribution is -0.0404. The molecule has 1 fully saturated rings. The smallest absolute Gasteiger partial charge is 0.141 e. The average molecular weight is 285 g/mol. The van der Waals surface area contributed by atoms with E-state index in [0.717, 1.165) is 37.4 Å². The first-order valence-corrected chi connectivity index (χ1v) is 6.99. The van der Waals surface area contributed by atoms with Crippen LogP contribution in [-0.2, 0) is 11.2 Å². The summed E-state index contributed by atoms with van der Waals surface area (Å²) in [5.74, 6) is 0.742. The number of morpholine rings is 1. The van der Waals surface area contributed by atoms with Gasteiger partial charge in [0, 0.05) is 13.1 Å². The highest BCUT2D eigenvalue weighted by Gasteiger charge is 2.19. The first-order valence-electron chi connectivity index (χ1n) is 6.61. The van der Waals surface area contributed by atoms with Gasteiger partial charge in [0.2, 0.25) is 0 Å². The minimum atomic E-state index is 0.0979. The lowest BCUT2D eigenvalue weighted by Gasteiger charge is -2.30. The van der Waals surface area contributed by atoms with Gasteiger partial charge in [0.15, 0.2) is 0 Å². The summed E-state index contributed by atoms with van der Waals surface area (Å²) < 4.78 is 11.5. The van der Waals surface area contributed by atoms with E-state index in [1.54, 1.807) is 0 Å². The molecular weight excluding hydrogens is 264 g/mol. The molecule has 106 valence electrons. The SMILES string of the molecule is CN1CCOC(COc2c(Cl)cccc2CCN)C1. The zero-order valence-electron chi connectivity index (χ0n) is 11.3. The summed E-state index contributed by atoms with van der Waals surface area (Å²) >= 11 is 6.19. The standard InChI is InChI=1S/C14H21ClN2O2/c1-17-7-8-18-12(9-17)10-19-14-11(5-6-16)3-2-4-13(14)15/h2-4,12H,5-10,16H2,1H3. The number of nitrogens with two attached hydrogens (primary N) is 1. The maximum Gasteiger partial charge on any atom is 0.141 e. The van der Waals surface area contributed by atoms with Crippen LogP contribution in [0.5, 0.6) is 5.75 Å². The van der Waals surface area contributed by atoms with Gasteiger partial charge in [-0.05, 0) is 31.6 Å². The van der Waals surface area contributed by atoms with Crippen molar-refractivity contribution >= 4 is 11.6 Å². The molecule has 0 aromatic heterocycles. The first kappa shape index (κ1) is 14.6. The van der Waals surface area contributed by atoms with Gasteiger partial charge in [-0.25, -0.2) is 0 Å². The Morgan fingerprint density at radius 3 is 3.11 bits per heavy atom. The van der Waals surface area contributed by atoms with Crippen LogP contribution >= 0.6 is 11.6 Å². The Labute approximate surface area is 119 Å². The molecule has 2 rings (SSSR count). The summed E-state index contributed by atoms with van der Waals surface area (Å²) in [5, 5.41) is 0.634. The summed E-state index contributed by atoms with van der Waals surface area (Å²) in [4.78, 5) is 2.24. The minimum Gasteiger partial charge on any atom is -0.489 e. The largest absolute Gasteiger partial charge is 0.489 e. The summed E-state index contributed by atoms with van der Waals surface area (Å²) in [6.45, 7) is 3.71.